The summed E-state index contributed by atoms with van der Waals surface area (Å²) in [6.07, 6.45) is 1.92. The first-order valence-electron chi connectivity index (χ1n) is 4.71. The summed E-state index contributed by atoms with van der Waals surface area (Å²) >= 11 is 5.88. The van der Waals surface area contributed by atoms with E-state index in [0.29, 0.717) is 5.02 Å². The number of hydrogen-bond acceptors (Lipinski definition) is 2. The SMILES string of the molecule is N#CCC#Cc1ccnc2cc(Cl)ccc12. The van der Waals surface area contributed by atoms with Crippen LogP contribution in [0.15, 0.2) is 30.5 Å². The molecule has 0 fully saturated rings. The second-order valence-corrected chi connectivity index (χ2v) is 3.59. The largest absolute Gasteiger partial charge is 0.256 e. The van der Waals surface area contributed by atoms with E-state index >= 15 is 0 Å². The van der Waals surface area contributed by atoms with Crippen molar-refractivity contribution < 1.29 is 0 Å². The summed E-state index contributed by atoms with van der Waals surface area (Å²) in [4.78, 5) is 4.21. The molecule has 1 aromatic carbocycles. The Balaban J connectivity index is 2.56. The number of aromatic nitrogens is 1. The van der Waals surface area contributed by atoms with Crippen molar-refractivity contribution in [1.29, 1.82) is 5.26 Å². The minimum atomic E-state index is 0.234. The van der Waals surface area contributed by atoms with E-state index in [1.165, 1.54) is 0 Å². The lowest BCUT2D eigenvalue weighted by Crippen LogP contribution is -1.83. The van der Waals surface area contributed by atoms with Crippen molar-refractivity contribution in [1.82, 2.24) is 4.98 Å². The van der Waals surface area contributed by atoms with Gasteiger partial charge in [0.05, 0.1) is 18.0 Å². The van der Waals surface area contributed by atoms with Crippen molar-refractivity contribution in [2.45, 2.75) is 6.42 Å². The molecule has 0 bridgehead atoms. The third-order valence-corrected chi connectivity index (χ3v) is 2.33. The predicted octanol–water partition coefficient (Wildman–Crippen LogP) is 3.15. The second-order valence-electron chi connectivity index (χ2n) is 3.16. The quantitative estimate of drug-likeness (QED) is 0.647. The Morgan fingerprint density at radius 1 is 1.31 bits per heavy atom. The standard InChI is InChI=1S/C13H7ClN2/c14-11-4-5-12-10(3-1-2-7-15)6-8-16-13(12)9-11/h4-6,8-9H,2H2. The van der Waals surface area contributed by atoms with Crippen molar-refractivity contribution in [3.63, 3.8) is 0 Å². The molecule has 0 spiro atoms. The van der Waals surface area contributed by atoms with Crippen molar-refractivity contribution in [2.75, 3.05) is 0 Å². The van der Waals surface area contributed by atoms with Crippen LogP contribution in [0.4, 0.5) is 0 Å². The molecule has 0 amide bonds. The lowest BCUT2D eigenvalue weighted by molar-refractivity contribution is 1.39. The maximum absolute atomic E-state index is 8.41. The summed E-state index contributed by atoms with van der Waals surface area (Å²) in [6.45, 7) is 0. The van der Waals surface area contributed by atoms with Gasteiger partial charge < -0.3 is 0 Å². The summed E-state index contributed by atoms with van der Waals surface area (Å²) in [5.74, 6) is 5.74. The molecule has 16 heavy (non-hydrogen) atoms. The molecule has 2 aromatic rings. The molecule has 0 saturated heterocycles. The van der Waals surface area contributed by atoms with E-state index in [1.54, 1.807) is 18.3 Å². The molecule has 0 atom stereocenters. The van der Waals surface area contributed by atoms with E-state index in [4.69, 9.17) is 16.9 Å². The number of halogens is 1. The summed E-state index contributed by atoms with van der Waals surface area (Å²) < 4.78 is 0. The van der Waals surface area contributed by atoms with Gasteiger partial charge >= 0.3 is 0 Å². The Hall–Kier alpha value is -2.03. The highest BCUT2D eigenvalue weighted by molar-refractivity contribution is 6.31. The molecule has 0 aliphatic heterocycles. The second kappa shape index (κ2) is 4.66. The number of nitriles is 1. The van der Waals surface area contributed by atoms with Crippen molar-refractivity contribution in [2.24, 2.45) is 0 Å². The van der Waals surface area contributed by atoms with E-state index in [9.17, 15) is 0 Å². The number of rotatable bonds is 0. The molecule has 76 valence electrons. The normalized spacial score (nSPS) is 9.25. The van der Waals surface area contributed by atoms with Crippen LogP contribution in [0.2, 0.25) is 5.02 Å². The molecule has 0 N–H and O–H groups in total. The van der Waals surface area contributed by atoms with Crippen LogP contribution in [-0.4, -0.2) is 4.98 Å². The van der Waals surface area contributed by atoms with Crippen molar-refractivity contribution >= 4 is 22.5 Å². The lowest BCUT2D eigenvalue weighted by Gasteiger charge is -1.99. The van der Waals surface area contributed by atoms with Gasteiger partial charge in [-0.25, -0.2) is 0 Å². The highest BCUT2D eigenvalue weighted by Gasteiger charge is 1.99. The first-order chi connectivity index (χ1) is 7.81. The first kappa shape index (κ1) is 10.5. The molecule has 0 aliphatic carbocycles. The Morgan fingerprint density at radius 2 is 2.19 bits per heavy atom. The van der Waals surface area contributed by atoms with Gasteiger partial charge in [0, 0.05) is 22.2 Å². The molecule has 0 unspecified atom stereocenters. The van der Waals surface area contributed by atoms with Gasteiger partial charge in [0.1, 0.15) is 0 Å². The number of hydrogen-bond donors (Lipinski definition) is 0. The molecule has 0 saturated carbocycles. The zero-order valence-electron chi connectivity index (χ0n) is 8.37. The van der Waals surface area contributed by atoms with E-state index in [1.807, 2.05) is 18.2 Å². The van der Waals surface area contributed by atoms with Crippen molar-refractivity contribution in [3.8, 4) is 17.9 Å². The van der Waals surface area contributed by atoms with Crippen LogP contribution in [0.25, 0.3) is 10.9 Å². The number of benzene rings is 1. The van der Waals surface area contributed by atoms with Gasteiger partial charge in [-0.3, -0.25) is 4.98 Å². The minimum absolute atomic E-state index is 0.234. The van der Waals surface area contributed by atoms with Gasteiger partial charge in [-0.2, -0.15) is 5.26 Å². The molecule has 0 radical (unpaired) electrons. The maximum atomic E-state index is 8.41. The number of nitrogens with zero attached hydrogens (tertiary/aromatic N) is 2. The van der Waals surface area contributed by atoms with Crippen LogP contribution in [0.5, 0.6) is 0 Å². The van der Waals surface area contributed by atoms with Crippen LogP contribution >= 0.6 is 11.6 Å². The predicted molar refractivity (Wildman–Crippen MR) is 63.9 cm³/mol. The first-order valence-corrected chi connectivity index (χ1v) is 5.09. The van der Waals surface area contributed by atoms with Crippen LogP contribution in [-0.2, 0) is 0 Å². The van der Waals surface area contributed by atoms with E-state index in [0.717, 1.165) is 16.5 Å². The Bertz CT molecular complexity index is 630. The maximum Gasteiger partial charge on any atom is 0.0966 e. The van der Waals surface area contributed by atoms with Gasteiger partial charge in [0.15, 0.2) is 0 Å². The fourth-order valence-corrected chi connectivity index (χ4v) is 1.58. The van der Waals surface area contributed by atoms with Crippen LogP contribution in [0.1, 0.15) is 12.0 Å². The molecule has 0 aliphatic rings. The monoisotopic (exact) mass is 226 g/mol. The fraction of sp³-hybridized carbons (Fsp3) is 0.0769. The lowest BCUT2D eigenvalue weighted by atomic mass is 10.1. The Kier molecular flexibility index (Phi) is 3.05. The smallest absolute Gasteiger partial charge is 0.0966 e. The number of pyridine rings is 1. The third-order valence-electron chi connectivity index (χ3n) is 2.10. The van der Waals surface area contributed by atoms with E-state index < -0.39 is 0 Å². The molecule has 2 rings (SSSR count). The number of fused-ring (bicyclic) bond motifs is 1. The average Bonchev–Trinajstić information content (AvgIpc) is 2.29. The molecule has 2 nitrogen and oxygen atoms in total. The summed E-state index contributed by atoms with van der Waals surface area (Å²) in [5.41, 5.74) is 1.69. The fourth-order valence-electron chi connectivity index (χ4n) is 1.41. The van der Waals surface area contributed by atoms with Gasteiger partial charge in [0.25, 0.3) is 0 Å². The Labute approximate surface area is 98.5 Å². The topological polar surface area (TPSA) is 36.7 Å². The van der Waals surface area contributed by atoms with Gasteiger partial charge in [-0.15, -0.1) is 0 Å². The molecular weight excluding hydrogens is 220 g/mol. The molecule has 3 heteroatoms. The third kappa shape index (κ3) is 2.14. The average molecular weight is 227 g/mol. The summed E-state index contributed by atoms with van der Waals surface area (Å²) in [7, 11) is 0. The highest BCUT2D eigenvalue weighted by Crippen LogP contribution is 2.19. The van der Waals surface area contributed by atoms with Gasteiger partial charge in [-0.1, -0.05) is 29.5 Å². The molecule has 1 aromatic heterocycles. The molecule has 1 heterocycles. The van der Waals surface area contributed by atoms with Gasteiger partial charge in [-0.05, 0) is 18.2 Å². The summed E-state index contributed by atoms with van der Waals surface area (Å²) in [5, 5.41) is 10.0. The highest BCUT2D eigenvalue weighted by atomic mass is 35.5. The van der Waals surface area contributed by atoms with Crippen molar-refractivity contribution in [3.05, 3.63) is 41.0 Å². The van der Waals surface area contributed by atoms with E-state index in [2.05, 4.69) is 16.8 Å². The van der Waals surface area contributed by atoms with Crippen LogP contribution < -0.4 is 0 Å². The van der Waals surface area contributed by atoms with Crippen LogP contribution in [0, 0.1) is 23.2 Å². The minimum Gasteiger partial charge on any atom is -0.256 e. The molecular formula is C13H7ClN2. The summed E-state index contributed by atoms with van der Waals surface area (Å²) in [6, 6.07) is 9.31. The Morgan fingerprint density at radius 3 is 3.00 bits per heavy atom. The zero-order chi connectivity index (χ0) is 11.4. The van der Waals surface area contributed by atoms with Crippen LogP contribution in [0.3, 0.4) is 0 Å². The van der Waals surface area contributed by atoms with Gasteiger partial charge in [0.2, 0.25) is 0 Å². The van der Waals surface area contributed by atoms with E-state index in [-0.39, 0.29) is 6.42 Å². The zero-order valence-corrected chi connectivity index (χ0v) is 9.12.